The van der Waals surface area contributed by atoms with Gasteiger partial charge in [-0.1, -0.05) is 0 Å². The highest BCUT2D eigenvalue weighted by Gasteiger charge is 2.26. The molecule has 2 N–H and O–H groups in total. The van der Waals surface area contributed by atoms with Gasteiger partial charge in [-0.2, -0.15) is 0 Å². The standard InChI is InChI=1S/C14H17N5OS/c1-9-11(14(20)19-7-2-4-10(15)8-19)21-13(18-9)12-16-5-3-6-17-12/h3,5-6,10H,2,4,7-8,15H2,1H3. The molecule has 110 valence electrons. The van der Waals surface area contributed by atoms with E-state index >= 15 is 0 Å². The van der Waals surface area contributed by atoms with Crippen LogP contribution in [0.25, 0.3) is 10.8 Å². The van der Waals surface area contributed by atoms with E-state index < -0.39 is 0 Å². The molecule has 1 saturated heterocycles. The minimum absolute atomic E-state index is 0.0160. The van der Waals surface area contributed by atoms with E-state index in [-0.39, 0.29) is 11.9 Å². The largest absolute Gasteiger partial charge is 0.336 e. The first-order valence-corrected chi connectivity index (χ1v) is 7.76. The molecule has 6 nitrogen and oxygen atoms in total. The number of aromatic nitrogens is 3. The van der Waals surface area contributed by atoms with Crippen LogP contribution in [-0.2, 0) is 0 Å². The third kappa shape index (κ3) is 2.93. The van der Waals surface area contributed by atoms with Gasteiger partial charge in [0.05, 0.1) is 5.69 Å². The quantitative estimate of drug-likeness (QED) is 0.908. The summed E-state index contributed by atoms with van der Waals surface area (Å²) in [7, 11) is 0. The average Bonchev–Trinajstić information content (AvgIpc) is 2.89. The Labute approximate surface area is 127 Å². The summed E-state index contributed by atoms with van der Waals surface area (Å²) in [4.78, 5) is 27.9. The van der Waals surface area contributed by atoms with Crippen molar-refractivity contribution in [3.05, 3.63) is 29.0 Å². The Morgan fingerprint density at radius 3 is 2.90 bits per heavy atom. The fourth-order valence-electron chi connectivity index (χ4n) is 2.44. The molecule has 3 rings (SSSR count). The molecule has 1 amide bonds. The molecule has 0 aromatic carbocycles. The number of hydrogen-bond acceptors (Lipinski definition) is 6. The van der Waals surface area contributed by atoms with Crippen LogP contribution in [0.5, 0.6) is 0 Å². The Hall–Kier alpha value is -1.86. The van der Waals surface area contributed by atoms with Gasteiger partial charge in [-0.15, -0.1) is 11.3 Å². The molecule has 1 fully saturated rings. The highest BCUT2D eigenvalue weighted by atomic mass is 32.1. The Balaban J connectivity index is 1.86. The highest BCUT2D eigenvalue weighted by molar-refractivity contribution is 7.17. The van der Waals surface area contributed by atoms with Gasteiger partial charge in [0.15, 0.2) is 10.8 Å². The maximum absolute atomic E-state index is 12.6. The molecule has 7 heteroatoms. The van der Waals surface area contributed by atoms with Gasteiger partial charge in [0.1, 0.15) is 4.88 Å². The number of rotatable bonds is 2. The van der Waals surface area contributed by atoms with Gasteiger partial charge in [-0.3, -0.25) is 4.79 Å². The van der Waals surface area contributed by atoms with Crippen molar-refractivity contribution in [1.29, 1.82) is 0 Å². The number of nitrogens with zero attached hydrogens (tertiary/aromatic N) is 4. The Kier molecular flexibility index (Phi) is 3.94. The zero-order chi connectivity index (χ0) is 14.8. The summed E-state index contributed by atoms with van der Waals surface area (Å²) in [6.07, 6.45) is 5.28. The molecule has 1 aliphatic heterocycles. The van der Waals surface area contributed by atoms with Crippen LogP contribution in [0.1, 0.15) is 28.2 Å². The summed E-state index contributed by atoms with van der Waals surface area (Å²) in [5.74, 6) is 0.572. The Morgan fingerprint density at radius 1 is 1.43 bits per heavy atom. The molecule has 3 heterocycles. The molecule has 0 bridgehead atoms. The van der Waals surface area contributed by atoms with Gasteiger partial charge in [0.25, 0.3) is 5.91 Å². The van der Waals surface area contributed by atoms with Crippen LogP contribution in [0, 0.1) is 6.92 Å². The predicted molar refractivity (Wildman–Crippen MR) is 81.0 cm³/mol. The monoisotopic (exact) mass is 303 g/mol. The Morgan fingerprint density at radius 2 is 2.19 bits per heavy atom. The molecule has 0 spiro atoms. The first-order valence-electron chi connectivity index (χ1n) is 6.95. The van der Waals surface area contributed by atoms with Crippen LogP contribution in [0.15, 0.2) is 18.5 Å². The van der Waals surface area contributed by atoms with Crippen molar-refractivity contribution in [1.82, 2.24) is 19.9 Å². The topological polar surface area (TPSA) is 85.0 Å². The van der Waals surface area contributed by atoms with Crippen molar-refractivity contribution in [3.8, 4) is 10.8 Å². The smallest absolute Gasteiger partial charge is 0.265 e. The molecule has 2 aromatic rings. The average molecular weight is 303 g/mol. The van der Waals surface area contributed by atoms with Crippen LogP contribution < -0.4 is 5.73 Å². The second kappa shape index (κ2) is 5.87. The van der Waals surface area contributed by atoms with E-state index in [0.717, 1.165) is 25.1 Å². The molecule has 0 saturated carbocycles. The maximum atomic E-state index is 12.6. The first-order chi connectivity index (χ1) is 10.1. The van der Waals surface area contributed by atoms with Crippen LogP contribution in [0.3, 0.4) is 0 Å². The van der Waals surface area contributed by atoms with Gasteiger partial charge in [0, 0.05) is 31.5 Å². The number of hydrogen-bond donors (Lipinski definition) is 1. The van der Waals surface area contributed by atoms with E-state index in [1.54, 1.807) is 18.5 Å². The minimum Gasteiger partial charge on any atom is -0.336 e. The molecule has 1 atom stereocenters. The first kappa shape index (κ1) is 14.1. The lowest BCUT2D eigenvalue weighted by Gasteiger charge is -2.30. The van der Waals surface area contributed by atoms with E-state index in [0.29, 0.717) is 22.3 Å². The van der Waals surface area contributed by atoms with Gasteiger partial charge >= 0.3 is 0 Å². The van der Waals surface area contributed by atoms with Crippen LogP contribution in [0.2, 0.25) is 0 Å². The number of amides is 1. The SMILES string of the molecule is Cc1nc(-c2ncccn2)sc1C(=O)N1CCCC(N)C1. The zero-order valence-corrected chi connectivity index (χ0v) is 12.6. The number of aryl methyl sites for hydroxylation is 1. The normalized spacial score (nSPS) is 18.8. The van der Waals surface area contributed by atoms with Gasteiger partial charge in [0.2, 0.25) is 0 Å². The fraction of sp³-hybridized carbons (Fsp3) is 0.429. The summed E-state index contributed by atoms with van der Waals surface area (Å²) in [5, 5.41) is 0.678. The fourth-order valence-corrected chi connectivity index (χ4v) is 3.42. The summed E-state index contributed by atoms with van der Waals surface area (Å²) >= 11 is 1.35. The summed E-state index contributed by atoms with van der Waals surface area (Å²) < 4.78 is 0. The molecular formula is C14H17N5OS. The minimum atomic E-state index is 0.0160. The van der Waals surface area contributed by atoms with Crippen LogP contribution in [0.4, 0.5) is 0 Å². The van der Waals surface area contributed by atoms with E-state index in [2.05, 4.69) is 15.0 Å². The third-order valence-electron chi connectivity index (χ3n) is 3.49. The van der Waals surface area contributed by atoms with E-state index in [9.17, 15) is 4.79 Å². The summed E-state index contributed by atoms with van der Waals surface area (Å²) in [6.45, 7) is 3.23. The van der Waals surface area contributed by atoms with Gasteiger partial charge in [-0.25, -0.2) is 15.0 Å². The number of nitrogens with two attached hydrogens (primary N) is 1. The van der Waals surface area contributed by atoms with Gasteiger partial charge < -0.3 is 10.6 Å². The van der Waals surface area contributed by atoms with Crippen molar-refractivity contribution < 1.29 is 4.79 Å². The molecule has 1 unspecified atom stereocenters. The second-order valence-corrected chi connectivity index (χ2v) is 6.16. The van der Waals surface area contributed by atoms with Crippen molar-refractivity contribution in [2.75, 3.05) is 13.1 Å². The lowest BCUT2D eigenvalue weighted by Crippen LogP contribution is -2.45. The lowest BCUT2D eigenvalue weighted by molar-refractivity contribution is 0.0713. The van der Waals surface area contributed by atoms with Crippen molar-refractivity contribution in [3.63, 3.8) is 0 Å². The van der Waals surface area contributed by atoms with E-state index in [4.69, 9.17) is 5.73 Å². The molecule has 1 aliphatic rings. The summed E-state index contributed by atoms with van der Waals surface area (Å²) in [6, 6.07) is 1.83. The molecule has 21 heavy (non-hydrogen) atoms. The van der Waals surface area contributed by atoms with Gasteiger partial charge in [-0.05, 0) is 25.8 Å². The molecule has 2 aromatic heterocycles. The predicted octanol–water partition coefficient (Wildman–Crippen LogP) is 1.47. The van der Waals surface area contributed by atoms with E-state index in [1.165, 1.54) is 11.3 Å². The highest BCUT2D eigenvalue weighted by Crippen LogP contribution is 2.27. The summed E-state index contributed by atoms with van der Waals surface area (Å²) in [5.41, 5.74) is 6.68. The second-order valence-electron chi connectivity index (χ2n) is 5.16. The van der Waals surface area contributed by atoms with Crippen LogP contribution >= 0.6 is 11.3 Å². The number of carbonyl (C=O) groups excluding carboxylic acids is 1. The Bertz CT molecular complexity index is 642. The number of likely N-dealkylation sites (tertiary alicyclic amines) is 1. The number of thiazole rings is 1. The van der Waals surface area contributed by atoms with Crippen molar-refractivity contribution in [2.45, 2.75) is 25.8 Å². The maximum Gasteiger partial charge on any atom is 0.265 e. The molecular weight excluding hydrogens is 286 g/mol. The molecule has 0 aliphatic carbocycles. The third-order valence-corrected chi connectivity index (χ3v) is 4.63. The van der Waals surface area contributed by atoms with E-state index in [1.807, 2.05) is 11.8 Å². The number of carbonyl (C=O) groups is 1. The number of piperidine rings is 1. The van der Waals surface area contributed by atoms with Crippen molar-refractivity contribution in [2.24, 2.45) is 5.73 Å². The van der Waals surface area contributed by atoms with Crippen molar-refractivity contribution >= 4 is 17.2 Å². The lowest BCUT2D eigenvalue weighted by atomic mass is 10.1. The molecule has 0 radical (unpaired) electrons. The van der Waals surface area contributed by atoms with Crippen LogP contribution in [-0.4, -0.2) is 44.9 Å². The zero-order valence-electron chi connectivity index (χ0n) is 11.8.